The van der Waals surface area contributed by atoms with Gasteiger partial charge in [0.05, 0.1) is 24.4 Å². The van der Waals surface area contributed by atoms with Gasteiger partial charge in [0.15, 0.2) is 5.13 Å². The number of thiazole rings is 1. The van der Waals surface area contributed by atoms with Gasteiger partial charge in [0.25, 0.3) is 5.91 Å². The van der Waals surface area contributed by atoms with Gasteiger partial charge in [-0.2, -0.15) is 0 Å². The van der Waals surface area contributed by atoms with Gasteiger partial charge in [-0.15, -0.1) is 11.3 Å². The van der Waals surface area contributed by atoms with Gasteiger partial charge in [-0.1, -0.05) is 23.7 Å². The lowest BCUT2D eigenvalue weighted by Gasteiger charge is -2.36. The van der Waals surface area contributed by atoms with Crippen LogP contribution in [0.15, 0.2) is 53.9 Å². The van der Waals surface area contributed by atoms with Gasteiger partial charge in [-0.05, 0) is 57.2 Å². The largest absolute Gasteiger partial charge is 0.492 e. The summed E-state index contributed by atoms with van der Waals surface area (Å²) in [7, 11) is 0. The molecule has 0 radical (unpaired) electrons. The number of nitrogens with zero attached hydrogens (tertiary/aromatic N) is 4. The summed E-state index contributed by atoms with van der Waals surface area (Å²) in [6, 6.07) is 14.3. The van der Waals surface area contributed by atoms with Crippen LogP contribution < -0.4 is 15.0 Å². The minimum Gasteiger partial charge on any atom is -0.492 e. The van der Waals surface area contributed by atoms with E-state index >= 15 is 0 Å². The quantitative estimate of drug-likeness (QED) is 0.375. The molecule has 212 valence electrons. The van der Waals surface area contributed by atoms with Crippen LogP contribution in [0.25, 0.3) is 0 Å². The number of piperazine rings is 1. The predicted octanol–water partition coefficient (Wildman–Crippen LogP) is 4.58. The molecule has 1 saturated heterocycles. The Kier molecular flexibility index (Phi) is 10.0. The van der Waals surface area contributed by atoms with Crippen LogP contribution in [0.2, 0.25) is 5.02 Å². The Balaban J connectivity index is 1.28. The molecule has 1 N–H and O–H groups in total. The zero-order valence-electron chi connectivity index (χ0n) is 22.9. The van der Waals surface area contributed by atoms with Gasteiger partial charge in [-0.25, -0.2) is 4.98 Å². The van der Waals surface area contributed by atoms with Gasteiger partial charge >= 0.3 is 0 Å². The Hall–Kier alpha value is -3.63. The Bertz CT molecular complexity index is 1320. The van der Waals surface area contributed by atoms with Crippen LogP contribution in [0, 0.1) is 0 Å². The van der Waals surface area contributed by atoms with Gasteiger partial charge in [0.1, 0.15) is 12.3 Å². The van der Waals surface area contributed by atoms with Gasteiger partial charge in [0.2, 0.25) is 11.8 Å². The average molecular weight is 584 g/mol. The highest BCUT2D eigenvalue weighted by molar-refractivity contribution is 7.13. The maximum Gasteiger partial charge on any atom is 0.254 e. The second-order valence-corrected chi connectivity index (χ2v) is 11.0. The standard InChI is InChI=1S/C29H34ClN5O4S/c1-4-39-25-8-6-5-7-24(25)33-13-15-34(16-14-33)27(37)17-23-19-40-29(31-23)32-26(36)18-35(20(2)3)28(38)21-9-11-22(30)12-10-21/h5-12,19-20H,4,13-18H2,1-3H3,(H,31,32,36). The van der Waals surface area contributed by atoms with Crippen LogP contribution in [0.3, 0.4) is 0 Å². The Labute approximate surface area is 243 Å². The highest BCUT2D eigenvalue weighted by Gasteiger charge is 2.25. The average Bonchev–Trinajstić information content (AvgIpc) is 3.38. The first kappa shape index (κ1) is 29.4. The van der Waals surface area contributed by atoms with E-state index in [9.17, 15) is 14.4 Å². The molecule has 0 atom stereocenters. The number of rotatable bonds is 10. The van der Waals surface area contributed by atoms with Crippen LogP contribution in [0.1, 0.15) is 36.8 Å². The maximum absolute atomic E-state index is 13.0. The van der Waals surface area contributed by atoms with Crippen molar-refractivity contribution in [1.29, 1.82) is 0 Å². The Morgan fingerprint density at radius 2 is 1.77 bits per heavy atom. The van der Waals surface area contributed by atoms with Crippen LogP contribution in [0.5, 0.6) is 5.75 Å². The second-order valence-electron chi connectivity index (χ2n) is 9.67. The SMILES string of the molecule is CCOc1ccccc1N1CCN(C(=O)Cc2csc(NC(=O)CN(C(=O)c3ccc(Cl)cc3)C(C)C)n2)CC1. The van der Waals surface area contributed by atoms with Crippen molar-refractivity contribution in [1.82, 2.24) is 14.8 Å². The molecule has 40 heavy (non-hydrogen) atoms. The molecule has 1 aliphatic heterocycles. The molecule has 0 saturated carbocycles. The summed E-state index contributed by atoms with van der Waals surface area (Å²) in [5.41, 5.74) is 2.11. The molecule has 1 fully saturated rings. The second kappa shape index (κ2) is 13.6. The number of ether oxygens (including phenoxy) is 1. The number of benzene rings is 2. The van der Waals surface area contributed by atoms with Crippen molar-refractivity contribution in [2.75, 3.05) is 49.5 Å². The first-order valence-corrected chi connectivity index (χ1v) is 14.6. The zero-order valence-corrected chi connectivity index (χ0v) is 24.5. The summed E-state index contributed by atoms with van der Waals surface area (Å²) in [6.07, 6.45) is 0.162. The van der Waals surface area contributed by atoms with Crippen molar-refractivity contribution < 1.29 is 19.1 Å². The van der Waals surface area contributed by atoms with E-state index in [-0.39, 0.29) is 36.7 Å². The molecule has 11 heteroatoms. The fourth-order valence-electron chi connectivity index (χ4n) is 4.47. The lowest BCUT2D eigenvalue weighted by Crippen LogP contribution is -2.49. The summed E-state index contributed by atoms with van der Waals surface area (Å²) < 4.78 is 5.76. The van der Waals surface area contributed by atoms with Crippen LogP contribution in [-0.2, 0) is 16.0 Å². The highest BCUT2D eigenvalue weighted by Crippen LogP contribution is 2.29. The fourth-order valence-corrected chi connectivity index (χ4v) is 5.32. The molecule has 0 spiro atoms. The molecule has 0 bridgehead atoms. The molecule has 2 aromatic carbocycles. The number of amides is 3. The first-order chi connectivity index (χ1) is 19.2. The van der Waals surface area contributed by atoms with Crippen molar-refractivity contribution >= 4 is 51.5 Å². The molecular weight excluding hydrogens is 550 g/mol. The van der Waals surface area contributed by atoms with Gasteiger partial charge in [-0.3, -0.25) is 14.4 Å². The third-order valence-corrected chi connectivity index (χ3v) is 7.62. The van der Waals surface area contributed by atoms with Crippen molar-refractivity contribution in [2.24, 2.45) is 0 Å². The first-order valence-electron chi connectivity index (χ1n) is 13.3. The molecule has 1 aromatic heterocycles. The lowest BCUT2D eigenvalue weighted by atomic mass is 10.1. The summed E-state index contributed by atoms with van der Waals surface area (Å²) in [5, 5.41) is 5.48. The van der Waals surface area contributed by atoms with E-state index in [1.807, 2.05) is 49.9 Å². The molecule has 3 aromatic rings. The molecular formula is C29H34ClN5O4S. The number of nitrogens with one attached hydrogen (secondary N) is 1. The molecule has 3 amide bonds. The Morgan fingerprint density at radius 3 is 2.45 bits per heavy atom. The van der Waals surface area contributed by atoms with E-state index in [0.29, 0.717) is 41.1 Å². The Morgan fingerprint density at radius 1 is 1.07 bits per heavy atom. The molecule has 0 aliphatic carbocycles. The van der Waals surface area contributed by atoms with Crippen LogP contribution >= 0.6 is 22.9 Å². The third kappa shape index (κ3) is 7.51. The van der Waals surface area contributed by atoms with E-state index in [4.69, 9.17) is 16.3 Å². The molecule has 2 heterocycles. The normalized spacial score (nSPS) is 13.3. The monoisotopic (exact) mass is 583 g/mol. The molecule has 4 rings (SSSR count). The topological polar surface area (TPSA) is 95.1 Å². The van der Waals surface area contributed by atoms with E-state index in [1.54, 1.807) is 29.6 Å². The molecule has 0 unspecified atom stereocenters. The number of carbonyl (C=O) groups excluding carboxylic acids is 3. The predicted molar refractivity (Wildman–Crippen MR) is 158 cm³/mol. The lowest BCUT2D eigenvalue weighted by molar-refractivity contribution is -0.130. The molecule has 1 aliphatic rings. The highest BCUT2D eigenvalue weighted by atomic mass is 35.5. The van der Waals surface area contributed by atoms with E-state index in [2.05, 4.69) is 15.2 Å². The van der Waals surface area contributed by atoms with E-state index < -0.39 is 0 Å². The number of halogens is 1. The minimum atomic E-state index is -0.355. The number of hydrogen-bond acceptors (Lipinski definition) is 7. The van der Waals surface area contributed by atoms with Crippen molar-refractivity contribution in [2.45, 2.75) is 33.2 Å². The maximum atomic E-state index is 13.0. The number of carbonyl (C=O) groups is 3. The summed E-state index contributed by atoms with van der Waals surface area (Å²) in [5.74, 6) is 0.244. The number of para-hydroxylation sites is 2. The van der Waals surface area contributed by atoms with E-state index in [0.717, 1.165) is 24.5 Å². The van der Waals surface area contributed by atoms with E-state index in [1.165, 1.54) is 16.2 Å². The summed E-state index contributed by atoms with van der Waals surface area (Å²) in [4.78, 5) is 48.7. The van der Waals surface area contributed by atoms with Crippen molar-refractivity contribution in [3.05, 3.63) is 70.2 Å². The van der Waals surface area contributed by atoms with Crippen LogP contribution in [0.4, 0.5) is 10.8 Å². The molecule has 9 nitrogen and oxygen atoms in total. The number of anilines is 2. The van der Waals surface area contributed by atoms with Gasteiger partial charge < -0.3 is 24.8 Å². The third-order valence-electron chi connectivity index (χ3n) is 6.56. The fraction of sp³-hybridized carbons (Fsp3) is 0.379. The summed E-state index contributed by atoms with van der Waals surface area (Å²) >= 11 is 7.19. The summed E-state index contributed by atoms with van der Waals surface area (Å²) in [6.45, 7) is 8.81. The van der Waals surface area contributed by atoms with Gasteiger partial charge in [0, 0.05) is 48.2 Å². The smallest absolute Gasteiger partial charge is 0.254 e. The zero-order chi connectivity index (χ0) is 28.6. The van der Waals surface area contributed by atoms with Crippen molar-refractivity contribution in [3.8, 4) is 5.75 Å². The number of hydrogen-bond donors (Lipinski definition) is 1. The van der Waals surface area contributed by atoms with Crippen molar-refractivity contribution in [3.63, 3.8) is 0 Å². The van der Waals surface area contributed by atoms with Crippen LogP contribution in [-0.4, -0.2) is 77.9 Å². The minimum absolute atomic E-state index is 0.000430. The number of aromatic nitrogens is 1.